The lowest BCUT2D eigenvalue weighted by molar-refractivity contribution is 0.669. The number of benzene rings is 8. The van der Waals surface area contributed by atoms with Crippen LogP contribution in [-0.4, -0.2) is 14.5 Å². The Bertz CT molecular complexity index is 3520. The smallest absolute Gasteiger partial charge is 0.160 e. The van der Waals surface area contributed by atoms with Gasteiger partial charge in [0.25, 0.3) is 0 Å². The Labute approximate surface area is 331 Å². The standard InChI is InChI=1S/C52H31N3OS/c1-3-12-32(13-4-1)43-31-44(54-52(53-43)35-22-25-39-38-17-8-10-20-47(38)56-48(39)30-35)40-18-11-21-50-51(40)42-29-34(24-27-49(42)57-50)33-23-26-46-41(28-33)37-16-7-9-19-45(37)55(46)36-14-5-2-6-15-36/h1-31H. The maximum atomic E-state index is 6.30. The number of furan rings is 1. The monoisotopic (exact) mass is 745 g/mol. The molecule has 0 atom stereocenters. The number of fused-ring (bicyclic) bond motifs is 9. The van der Waals surface area contributed by atoms with Crippen LogP contribution < -0.4 is 0 Å². The van der Waals surface area contributed by atoms with E-state index in [2.05, 4.69) is 168 Å². The molecule has 0 amide bonds. The van der Waals surface area contributed by atoms with Crippen LogP contribution in [0.1, 0.15) is 0 Å². The quantitative estimate of drug-likeness (QED) is 0.176. The molecule has 0 bridgehead atoms. The fourth-order valence-electron chi connectivity index (χ4n) is 8.56. The van der Waals surface area contributed by atoms with Gasteiger partial charge in [-0.25, -0.2) is 9.97 Å². The minimum atomic E-state index is 0.661. The summed E-state index contributed by atoms with van der Waals surface area (Å²) in [5.74, 6) is 0.661. The molecule has 0 radical (unpaired) electrons. The van der Waals surface area contributed by atoms with E-state index in [1.807, 2.05) is 35.6 Å². The molecular formula is C52H31N3OS. The highest BCUT2D eigenvalue weighted by Crippen LogP contribution is 2.43. The average molecular weight is 746 g/mol. The van der Waals surface area contributed by atoms with Gasteiger partial charge in [-0.1, -0.05) is 115 Å². The van der Waals surface area contributed by atoms with Crippen molar-refractivity contribution in [3.63, 3.8) is 0 Å². The van der Waals surface area contributed by atoms with Gasteiger partial charge in [-0.05, 0) is 83.9 Å². The highest BCUT2D eigenvalue weighted by molar-refractivity contribution is 7.26. The van der Waals surface area contributed by atoms with Crippen molar-refractivity contribution in [1.82, 2.24) is 14.5 Å². The van der Waals surface area contributed by atoms with Gasteiger partial charge in [-0.2, -0.15) is 0 Å². The molecule has 4 nitrogen and oxygen atoms in total. The van der Waals surface area contributed by atoms with Crippen molar-refractivity contribution < 1.29 is 4.42 Å². The molecule has 0 saturated carbocycles. The summed E-state index contributed by atoms with van der Waals surface area (Å²) in [5, 5.41) is 7.10. The molecular weight excluding hydrogens is 715 g/mol. The lowest BCUT2D eigenvalue weighted by atomic mass is 9.98. The molecule has 0 fully saturated rings. The molecule has 4 heterocycles. The van der Waals surface area contributed by atoms with Crippen LogP contribution in [0.2, 0.25) is 0 Å². The summed E-state index contributed by atoms with van der Waals surface area (Å²) in [4.78, 5) is 10.5. The van der Waals surface area contributed by atoms with Gasteiger partial charge in [0.15, 0.2) is 5.82 Å². The number of hydrogen-bond acceptors (Lipinski definition) is 4. The number of aromatic nitrogens is 3. The van der Waals surface area contributed by atoms with E-state index in [4.69, 9.17) is 14.4 Å². The lowest BCUT2D eigenvalue weighted by Gasteiger charge is -2.11. The van der Waals surface area contributed by atoms with Crippen LogP contribution in [0.4, 0.5) is 0 Å². The van der Waals surface area contributed by atoms with Crippen LogP contribution in [0.15, 0.2) is 192 Å². The number of hydrogen-bond donors (Lipinski definition) is 0. The third-order valence-electron chi connectivity index (χ3n) is 11.2. The molecule has 0 saturated heterocycles. The van der Waals surface area contributed by atoms with E-state index in [9.17, 15) is 0 Å². The number of para-hydroxylation sites is 3. The zero-order chi connectivity index (χ0) is 37.5. The van der Waals surface area contributed by atoms with Gasteiger partial charge in [0.1, 0.15) is 11.2 Å². The van der Waals surface area contributed by atoms with Crippen molar-refractivity contribution in [3.8, 4) is 50.7 Å². The zero-order valence-corrected chi connectivity index (χ0v) is 31.4. The van der Waals surface area contributed by atoms with Crippen molar-refractivity contribution in [3.05, 3.63) is 188 Å². The first kappa shape index (κ1) is 32.0. The molecule has 4 aromatic heterocycles. The lowest BCUT2D eigenvalue weighted by Crippen LogP contribution is -1.96. The number of nitrogens with zero attached hydrogens (tertiary/aromatic N) is 3. The molecule has 0 aliphatic rings. The van der Waals surface area contributed by atoms with Gasteiger partial charge < -0.3 is 8.98 Å². The molecule has 57 heavy (non-hydrogen) atoms. The van der Waals surface area contributed by atoms with Crippen molar-refractivity contribution in [1.29, 1.82) is 0 Å². The van der Waals surface area contributed by atoms with E-state index in [1.165, 1.54) is 53.1 Å². The second-order valence-electron chi connectivity index (χ2n) is 14.5. The second kappa shape index (κ2) is 12.6. The predicted octanol–water partition coefficient (Wildman–Crippen LogP) is 14.5. The van der Waals surface area contributed by atoms with Crippen LogP contribution in [0.3, 0.4) is 0 Å². The van der Waals surface area contributed by atoms with Crippen LogP contribution in [-0.2, 0) is 0 Å². The van der Waals surface area contributed by atoms with Gasteiger partial charge >= 0.3 is 0 Å². The Morgan fingerprint density at radius 1 is 0.404 bits per heavy atom. The van der Waals surface area contributed by atoms with Crippen molar-refractivity contribution >= 4 is 75.3 Å². The molecule has 8 aromatic carbocycles. The van der Waals surface area contributed by atoms with Gasteiger partial charge in [-0.15, -0.1) is 11.3 Å². The summed E-state index contributed by atoms with van der Waals surface area (Å²) in [6.45, 7) is 0. The van der Waals surface area contributed by atoms with E-state index in [-0.39, 0.29) is 0 Å². The third-order valence-corrected chi connectivity index (χ3v) is 12.4. The molecule has 5 heteroatoms. The fraction of sp³-hybridized carbons (Fsp3) is 0. The first-order valence-electron chi connectivity index (χ1n) is 19.1. The Morgan fingerprint density at radius 3 is 1.96 bits per heavy atom. The molecule has 12 rings (SSSR count). The molecule has 0 aliphatic heterocycles. The Balaban J connectivity index is 1.03. The zero-order valence-electron chi connectivity index (χ0n) is 30.6. The van der Waals surface area contributed by atoms with E-state index in [0.29, 0.717) is 5.82 Å². The molecule has 266 valence electrons. The minimum absolute atomic E-state index is 0.661. The van der Waals surface area contributed by atoms with Crippen molar-refractivity contribution in [2.75, 3.05) is 0 Å². The summed E-state index contributed by atoms with van der Waals surface area (Å²) >= 11 is 1.83. The maximum Gasteiger partial charge on any atom is 0.160 e. The van der Waals surface area contributed by atoms with E-state index >= 15 is 0 Å². The normalized spacial score (nSPS) is 11.9. The van der Waals surface area contributed by atoms with Gasteiger partial charge in [0, 0.05) is 64.1 Å². The molecule has 0 unspecified atom stereocenters. The van der Waals surface area contributed by atoms with Crippen LogP contribution in [0, 0.1) is 0 Å². The van der Waals surface area contributed by atoms with Crippen molar-refractivity contribution in [2.45, 2.75) is 0 Å². The highest BCUT2D eigenvalue weighted by Gasteiger charge is 2.18. The van der Waals surface area contributed by atoms with Crippen LogP contribution in [0.5, 0.6) is 0 Å². The van der Waals surface area contributed by atoms with Crippen LogP contribution in [0.25, 0.3) is 115 Å². The first-order valence-corrected chi connectivity index (χ1v) is 20.0. The summed E-state index contributed by atoms with van der Waals surface area (Å²) in [5.41, 5.74) is 12.4. The second-order valence-corrected chi connectivity index (χ2v) is 15.6. The molecule has 0 spiro atoms. The molecule has 0 aliphatic carbocycles. The van der Waals surface area contributed by atoms with E-state index < -0.39 is 0 Å². The minimum Gasteiger partial charge on any atom is -0.456 e. The van der Waals surface area contributed by atoms with Crippen molar-refractivity contribution in [2.24, 2.45) is 0 Å². The van der Waals surface area contributed by atoms with Gasteiger partial charge in [0.05, 0.1) is 22.4 Å². The Hall–Kier alpha value is -7.34. The maximum absolute atomic E-state index is 6.30. The largest absolute Gasteiger partial charge is 0.456 e. The average Bonchev–Trinajstić information content (AvgIpc) is 3.95. The van der Waals surface area contributed by atoms with Gasteiger partial charge in [-0.3, -0.25) is 0 Å². The number of thiophene rings is 1. The van der Waals surface area contributed by atoms with Crippen LogP contribution >= 0.6 is 11.3 Å². The summed E-state index contributed by atoms with van der Waals surface area (Å²) in [6.07, 6.45) is 0. The molecule has 0 N–H and O–H groups in total. The van der Waals surface area contributed by atoms with Gasteiger partial charge in [0.2, 0.25) is 0 Å². The summed E-state index contributed by atoms with van der Waals surface area (Å²) < 4.78 is 11.1. The predicted molar refractivity (Wildman–Crippen MR) is 238 cm³/mol. The fourth-order valence-corrected chi connectivity index (χ4v) is 9.68. The van der Waals surface area contributed by atoms with E-state index in [0.717, 1.165) is 55.7 Å². The molecule has 12 aromatic rings. The third kappa shape index (κ3) is 5.13. The summed E-state index contributed by atoms with van der Waals surface area (Å²) in [6, 6.07) is 66.7. The topological polar surface area (TPSA) is 43.9 Å². The highest BCUT2D eigenvalue weighted by atomic mass is 32.1. The first-order chi connectivity index (χ1) is 28.2. The SMILES string of the molecule is c1ccc(-c2cc(-c3cccc4sc5ccc(-c6ccc7c(c6)c6ccccc6n7-c6ccccc6)cc5c34)nc(-c3ccc4c(c3)oc3ccccc34)n2)cc1. The Kier molecular flexibility index (Phi) is 7.06. The number of rotatable bonds is 5. The van der Waals surface area contributed by atoms with E-state index in [1.54, 1.807) is 0 Å². The summed E-state index contributed by atoms with van der Waals surface area (Å²) in [7, 11) is 0. The Morgan fingerprint density at radius 2 is 1.09 bits per heavy atom.